The van der Waals surface area contributed by atoms with Crippen LogP contribution in [0.5, 0.6) is 0 Å². The van der Waals surface area contributed by atoms with E-state index < -0.39 is 37.1 Å². The molecule has 1 N–H and O–H groups in total. The van der Waals surface area contributed by atoms with Crippen LogP contribution in [0.3, 0.4) is 0 Å². The van der Waals surface area contributed by atoms with E-state index in [9.17, 15) is 22.0 Å². The van der Waals surface area contributed by atoms with Crippen molar-refractivity contribution in [3.63, 3.8) is 0 Å². The van der Waals surface area contributed by atoms with Gasteiger partial charge in [-0.1, -0.05) is 20.3 Å². The van der Waals surface area contributed by atoms with Crippen LogP contribution in [0.2, 0.25) is 0 Å². The van der Waals surface area contributed by atoms with E-state index in [1.807, 2.05) is 13.8 Å². The van der Waals surface area contributed by atoms with Crippen LogP contribution in [0.1, 0.15) is 37.6 Å². The molecule has 0 aromatic heterocycles. The van der Waals surface area contributed by atoms with Crippen molar-refractivity contribution in [1.29, 1.82) is 0 Å². The van der Waals surface area contributed by atoms with Crippen LogP contribution in [0, 0.1) is 17.6 Å². The highest BCUT2D eigenvalue weighted by atomic mass is 35.7. The molecule has 118 valence electrons. The van der Waals surface area contributed by atoms with Gasteiger partial charge in [0.1, 0.15) is 16.5 Å². The van der Waals surface area contributed by atoms with Gasteiger partial charge in [-0.05, 0) is 18.9 Å². The summed E-state index contributed by atoms with van der Waals surface area (Å²) in [5, 5.41) is 2.55. The molecule has 1 aromatic carbocycles. The zero-order valence-electron chi connectivity index (χ0n) is 11.8. The Morgan fingerprint density at radius 2 is 1.86 bits per heavy atom. The Morgan fingerprint density at radius 1 is 1.29 bits per heavy atom. The number of carbonyl (C=O) groups is 1. The SMILES string of the molecule is CCC(C)C(C)NC(=O)c1cc(S(=O)(=O)Cl)c(F)cc1F. The Kier molecular flexibility index (Phi) is 5.69. The van der Waals surface area contributed by atoms with Crippen LogP contribution in [0.15, 0.2) is 17.0 Å². The molecule has 1 aromatic rings. The van der Waals surface area contributed by atoms with Crippen LogP contribution >= 0.6 is 10.7 Å². The zero-order chi connectivity index (χ0) is 16.4. The van der Waals surface area contributed by atoms with Gasteiger partial charge in [0.15, 0.2) is 0 Å². The van der Waals surface area contributed by atoms with Gasteiger partial charge in [0, 0.05) is 22.8 Å². The second-order valence-electron chi connectivity index (χ2n) is 4.85. The monoisotopic (exact) mass is 339 g/mol. The molecule has 0 saturated heterocycles. The summed E-state index contributed by atoms with van der Waals surface area (Å²) in [5.74, 6) is -3.16. The quantitative estimate of drug-likeness (QED) is 0.839. The largest absolute Gasteiger partial charge is 0.349 e. The third kappa shape index (κ3) is 4.38. The number of amides is 1. The van der Waals surface area contributed by atoms with Crippen molar-refractivity contribution in [3.8, 4) is 0 Å². The van der Waals surface area contributed by atoms with Gasteiger partial charge in [-0.25, -0.2) is 17.2 Å². The molecular weight excluding hydrogens is 324 g/mol. The molecule has 0 spiro atoms. The lowest BCUT2D eigenvalue weighted by Gasteiger charge is -2.20. The average molecular weight is 340 g/mol. The Bertz CT molecular complexity index is 649. The van der Waals surface area contributed by atoms with Crippen LogP contribution in [-0.2, 0) is 9.05 Å². The van der Waals surface area contributed by atoms with Crippen LogP contribution < -0.4 is 5.32 Å². The first-order valence-corrected chi connectivity index (χ1v) is 8.63. The lowest BCUT2D eigenvalue weighted by Crippen LogP contribution is -2.37. The summed E-state index contributed by atoms with van der Waals surface area (Å²) in [6, 6.07) is 0.687. The molecule has 0 aliphatic carbocycles. The Labute approximate surface area is 126 Å². The number of carbonyl (C=O) groups excluding carboxylic acids is 1. The molecule has 2 unspecified atom stereocenters. The predicted molar refractivity (Wildman–Crippen MR) is 75.8 cm³/mol. The first kappa shape index (κ1) is 17.8. The molecule has 0 radical (unpaired) electrons. The van der Waals surface area contributed by atoms with E-state index in [4.69, 9.17) is 10.7 Å². The molecule has 1 amide bonds. The lowest BCUT2D eigenvalue weighted by molar-refractivity contribution is 0.0923. The molecule has 21 heavy (non-hydrogen) atoms. The van der Waals surface area contributed by atoms with E-state index >= 15 is 0 Å². The topological polar surface area (TPSA) is 63.2 Å². The normalized spacial score (nSPS) is 14.6. The molecule has 0 heterocycles. The highest BCUT2D eigenvalue weighted by Crippen LogP contribution is 2.23. The van der Waals surface area contributed by atoms with E-state index in [1.54, 1.807) is 6.92 Å². The third-order valence-electron chi connectivity index (χ3n) is 3.39. The second-order valence-corrected chi connectivity index (χ2v) is 7.38. The van der Waals surface area contributed by atoms with E-state index in [1.165, 1.54) is 0 Å². The summed E-state index contributed by atoms with van der Waals surface area (Å²) >= 11 is 0. The minimum atomic E-state index is -4.41. The van der Waals surface area contributed by atoms with Crippen molar-refractivity contribution in [1.82, 2.24) is 5.32 Å². The minimum Gasteiger partial charge on any atom is -0.349 e. The van der Waals surface area contributed by atoms with Crippen LogP contribution in [0.4, 0.5) is 8.78 Å². The predicted octanol–water partition coefficient (Wildman–Crippen LogP) is 3.06. The number of nitrogens with one attached hydrogen (secondary N) is 1. The standard InChI is InChI=1S/C13H16ClF2NO3S/c1-4-7(2)8(3)17-13(18)9-5-12(21(14,19)20)11(16)6-10(9)15/h5-8H,4H2,1-3H3,(H,17,18). The summed E-state index contributed by atoms with van der Waals surface area (Å²) in [7, 11) is 0.644. The maximum Gasteiger partial charge on any atom is 0.264 e. The summed E-state index contributed by atoms with van der Waals surface area (Å²) in [5.41, 5.74) is -0.564. The van der Waals surface area contributed by atoms with Crippen molar-refractivity contribution in [2.24, 2.45) is 5.92 Å². The summed E-state index contributed by atoms with van der Waals surface area (Å²) in [4.78, 5) is 11.1. The van der Waals surface area contributed by atoms with E-state index in [2.05, 4.69) is 5.32 Å². The van der Waals surface area contributed by atoms with Gasteiger partial charge in [0.2, 0.25) is 0 Å². The maximum absolute atomic E-state index is 13.7. The second kappa shape index (κ2) is 6.70. The van der Waals surface area contributed by atoms with Crippen LogP contribution in [-0.4, -0.2) is 20.4 Å². The van der Waals surface area contributed by atoms with Crippen LogP contribution in [0.25, 0.3) is 0 Å². The first-order chi connectivity index (χ1) is 9.57. The van der Waals surface area contributed by atoms with Gasteiger partial charge >= 0.3 is 0 Å². The van der Waals surface area contributed by atoms with E-state index in [0.717, 1.165) is 6.42 Å². The van der Waals surface area contributed by atoms with Gasteiger partial charge in [-0.3, -0.25) is 4.79 Å². The number of rotatable bonds is 5. The number of hydrogen-bond donors (Lipinski definition) is 1. The molecule has 0 aliphatic rings. The fourth-order valence-electron chi connectivity index (χ4n) is 1.67. The average Bonchev–Trinajstić information content (AvgIpc) is 2.35. The fraction of sp³-hybridized carbons (Fsp3) is 0.462. The van der Waals surface area contributed by atoms with Gasteiger partial charge in [0.05, 0.1) is 5.56 Å². The maximum atomic E-state index is 13.7. The van der Waals surface area contributed by atoms with E-state index in [0.29, 0.717) is 12.1 Å². The summed E-state index contributed by atoms with van der Waals surface area (Å²) in [6.07, 6.45) is 0.800. The molecule has 2 atom stereocenters. The van der Waals surface area contributed by atoms with Crippen molar-refractivity contribution in [2.75, 3.05) is 0 Å². The van der Waals surface area contributed by atoms with Crippen molar-refractivity contribution < 1.29 is 22.0 Å². The van der Waals surface area contributed by atoms with Gasteiger partial charge in [-0.2, -0.15) is 0 Å². The molecule has 0 bridgehead atoms. The molecule has 0 aliphatic heterocycles. The summed E-state index contributed by atoms with van der Waals surface area (Å²) in [6.45, 7) is 5.58. The molecular formula is C13H16ClF2NO3S. The first-order valence-electron chi connectivity index (χ1n) is 6.32. The highest BCUT2D eigenvalue weighted by Gasteiger charge is 2.24. The zero-order valence-corrected chi connectivity index (χ0v) is 13.4. The van der Waals surface area contributed by atoms with Crippen molar-refractivity contribution >= 4 is 25.6 Å². The highest BCUT2D eigenvalue weighted by molar-refractivity contribution is 8.13. The van der Waals surface area contributed by atoms with Crippen molar-refractivity contribution in [3.05, 3.63) is 29.3 Å². The van der Waals surface area contributed by atoms with E-state index in [-0.39, 0.29) is 12.0 Å². The molecule has 0 fully saturated rings. The lowest BCUT2D eigenvalue weighted by atomic mass is 10.0. The fourth-order valence-corrected chi connectivity index (χ4v) is 2.58. The molecule has 0 saturated carbocycles. The Hall–Kier alpha value is -1.21. The third-order valence-corrected chi connectivity index (χ3v) is 4.72. The smallest absolute Gasteiger partial charge is 0.264 e. The Balaban J connectivity index is 3.16. The van der Waals surface area contributed by atoms with Crippen molar-refractivity contribution in [2.45, 2.75) is 38.1 Å². The number of hydrogen-bond acceptors (Lipinski definition) is 3. The van der Waals surface area contributed by atoms with Gasteiger partial charge in [-0.15, -0.1) is 0 Å². The summed E-state index contributed by atoms with van der Waals surface area (Å²) < 4.78 is 49.4. The van der Waals surface area contributed by atoms with Gasteiger partial charge in [0.25, 0.3) is 15.0 Å². The molecule has 1 rings (SSSR count). The molecule has 4 nitrogen and oxygen atoms in total. The van der Waals surface area contributed by atoms with Gasteiger partial charge < -0.3 is 5.32 Å². The minimum absolute atomic E-state index is 0.147. The molecule has 8 heteroatoms. The number of benzene rings is 1. The number of halogens is 3. The Morgan fingerprint density at radius 3 is 2.33 bits per heavy atom.